The summed E-state index contributed by atoms with van der Waals surface area (Å²) in [5, 5.41) is 1.89. The molecule has 1 heterocycles. The predicted octanol–water partition coefficient (Wildman–Crippen LogP) is 3.15. The van der Waals surface area contributed by atoms with Crippen LogP contribution in [0.5, 0.6) is 0 Å². The molecule has 1 aromatic heterocycles. The number of nitrogens with two attached hydrogens (primary N) is 1. The van der Waals surface area contributed by atoms with Gasteiger partial charge in [0.15, 0.2) is 0 Å². The number of rotatable bonds is 5. The van der Waals surface area contributed by atoms with Crippen molar-refractivity contribution >= 4 is 27.0 Å². The molecule has 2 aromatic rings. The average molecular weight is 328 g/mol. The molecule has 7 heteroatoms. The molecule has 1 atom stereocenters. The smallest absolute Gasteiger partial charge is 0.241 e. The van der Waals surface area contributed by atoms with Crippen molar-refractivity contribution in [2.24, 2.45) is 5.92 Å². The van der Waals surface area contributed by atoms with Crippen LogP contribution in [0.25, 0.3) is 0 Å². The first-order valence-corrected chi connectivity index (χ1v) is 8.78. The third-order valence-electron chi connectivity index (χ3n) is 3.08. The van der Waals surface area contributed by atoms with E-state index in [2.05, 4.69) is 4.72 Å². The van der Waals surface area contributed by atoms with Crippen molar-refractivity contribution in [1.29, 1.82) is 0 Å². The van der Waals surface area contributed by atoms with Gasteiger partial charge >= 0.3 is 0 Å². The number of hydrogen-bond acceptors (Lipinski definition) is 4. The summed E-state index contributed by atoms with van der Waals surface area (Å²) >= 11 is 1.48. The maximum atomic E-state index is 13.5. The highest BCUT2D eigenvalue weighted by Gasteiger charge is 2.25. The lowest BCUT2D eigenvalue weighted by atomic mass is 10.0. The van der Waals surface area contributed by atoms with Crippen LogP contribution in [-0.2, 0) is 10.0 Å². The predicted molar refractivity (Wildman–Crippen MR) is 83.0 cm³/mol. The van der Waals surface area contributed by atoms with Crippen LogP contribution >= 0.6 is 11.3 Å². The van der Waals surface area contributed by atoms with Gasteiger partial charge in [0.1, 0.15) is 5.82 Å². The van der Waals surface area contributed by atoms with Gasteiger partial charge in [-0.25, -0.2) is 17.5 Å². The van der Waals surface area contributed by atoms with Crippen LogP contribution in [0.4, 0.5) is 10.1 Å². The Bertz CT molecular complexity index is 713. The minimum atomic E-state index is -3.81. The quantitative estimate of drug-likeness (QED) is 0.828. The fourth-order valence-electron chi connectivity index (χ4n) is 1.90. The minimum absolute atomic E-state index is 0.0667. The summed E-state index contributed by atoms with van der Waals surface area (Å²) < 4.78 is 40.9. The topological polar surface area (TPSA) is 72.2 Å². The lowest BCUT2D eigenvalue weighted by molar-refractivity contribution is 0.468. The first-order valence-electron chi connectivity index (χ1n) is 6.42. The lowest BCUT2D eigenvalue weighted by Gasteiger charge is -2.21. The summed E-state index contributed by atoms with van der Waals surface area (Å²) in [6, 6.07) is 6.87. The summed E-state index contributed by atoms with van der Waals surface area (Å²) in [5.74, 6) is -0.674. The van der Waals surface area contributed by atoms with E-state index in [1.54, 1.807) is 0 Å². The van der Waals surface area contributed by atoms with Gasteiger partial charge in [0.25, 0.3) is 0 Å². The number of sulfonamides is 1. The van der Waals surface area contributed by atoms with Gasteiger partial charge in [-0.05, 0) is 35.6 Å². The summed E-state index contributed by atoms with van der Waals surface area (Å²) in [7, 11) is -3.81. The molecule has 0 aliphatic rings. The van der Waals surface area contributed by atoms with E-state index in [4.69, 9.17) is 5.73 Å². The van der Waals surface area contributed by atoms with Gasteiger partial charge in [0, 0.05) is 4.88 Å². The molecular formula is C14H17FN2O2S2. The molecule has 2 rings (SSSR count). The van der Waals surface area contributed by atoms with Crippen LogP contribution in [-0.4, -0.2) is 8.42 Å². The van der Waals surface area contributed by atoms with Crippen molar-refractivity contribution in [2.75, 3.05) is 5.73 Å². The van der Waals surface area contributed by atoms with Crippen LogP contribution in [0.3, 0.4) is 0 Å². The van der Waals surface area contributed by atoms with Gasteiger partial charge in [0.05, 0.1) is 16.6 Å². The standard InChI is InChI=1S/C14H17FN2O2S2/c1-9(2)14(13-4-3-7-20-13)17-21(18,19)10-5-6-12(16)11(15)8-10/h3-9,14,17H,16H2,1-2H3. The number of anilines is 1. The molecule has 0 aliphatic carbocycles. The SMILES string of the molecule is CC(C)C(NS(=O)(=O)c1ccc(N)c(F)c1)c1cccs1. The van der Waals surface area contributed by atoms with Gasteiger partial charge in [0.2, 0.25) is 10.0 Å². The Morgan fingerprint density at radius 3 is 2.52 bits per heavy atom. The maximum absolute atomic E-state index is 13.5. The molecule has 0 fully saturated rings. The first kappa shape index (κ1) is 15.9. The molecule has 0 saturated heterocycles. The van der Waals surface area contributed by atoms with Crippen LogP contribution in [0.15, 0.2) is 40.6 Å². The van der Waals surface area contributed by atoms with E-state index < -0.39 is 15.8 Å². The minimum Gasteiger partial charge on any atom is -0.396 e. The number of halogens is 1. The van der Waals surface area contributed by atoms with E-state index in [0.29, 0.717) is 0 Å². The van der Waals surface area contributed by atoms with Crippen LogP contribution in [0, 0.1) is 11.7 Å². The van der Waals surface area contributed by atoms with E-state index in [9.17, 15) is 12.8 Å². The van der Waals surface area contributed by atoms with Crippen molar-refractivity contribution in [3.05, 3.63) is 46.4 Å². The molecule has 1 aromatic carbocycles. The highest BCUT2D eigenvalue weighted by atomic mass is 32.2. The Morgan fingerprint density at radius 1 is 1.29 bits per heavy atom. The molecule has 1 unspecified atom stereocenters. The van der Waals surface area contributed by atoms with E-state index >= 15 is 0 Å². The average Bonchev–Trinajstić information content (AvgIpc) is 2.92. The highest BCUT2D eigenvalue weighted by molar-refractivity contribution is 7.89. The first-order chi connectivity index (χ1) is 9.81. The molecule has 0 aliphatic heterocycles. The zero-order chi connectivity index (χ0) is 15.6. The number of hydrogen-bond donors (Lipinski definition) is 2. The van der Waals surface area contributed by atoms with Crippen LogP contribution < -0.4 is 10.5 Å². The second-order valence-corrected chi connectivity index (χ2v) is 7.73. The normalized spacial score (nSPS) is 13.5. The third kappa shape index (κ3) is 3.61. The molecule has 114 valence electrons. The summed E-state index contributed by atoms with van der Waals surface area (Å²) in [4.78, 5) is 0.792. The molecular weight excluding hydrogens is 311 g/mol. The third-order valence-corrected chi connectivity index (χ3v) is 5.47. The fraction of sp³-hybridized carbons (Fsp3) is 0.286. The summed E-state index contributed by atoms with van der Waals surface area (Å²) in [5.41, 5.74) is 5.29. The largest absolute Gasteiger partial charge is 0.396 e. The molecule has 4 nitrogen and oxygen atoms in total. The van der Waals surface area contributed by atoms with Crippen molar-refractivity contribution in [3.63, 3.8) is 0 Å². The van der Waals surface area contributed by atoms with E-state index in [-0.39, 0.29) is 22.5 Å². The lowest BCUT2D eigenvalue weighted by Crippen LogP contribution is -2.31. The Morgan fingerprint density at radius 2 is 2.00 bits per heavy atom. The summed E-state index contributed by atoms with van der Waals surface area (Å²) in [6.45, 7) is 3.85. The second-order valence-electron chi connectivity index (χ2n) is 5.04. The molecule has 0 spiro atoms. The summed E-state index contributed by atoms with van der Waals surface area (Å²) in [6.07, 6.45) is 0. The van der Waals surface area contributed by atoms with Gasteiger partial charge in [-0.15, -0.1) is 11.3 Å². The monoisotopic (exact) mass is 328 g/mol. The molecule has 0 radical (unpaired) electrons. The van der Waals surface area contributed by atoms with Gasteiger partial charge in [-0.1, -0.05) is 19.9 Å². The molecule has 0 bridgehead atoms. The Hall–Kier alpha value is -1.44. The van der Waals surface area contributed by atoms with Crippen LogP contribution in [0.1, 0.15) is 24.8 Å². The van der Waals surface area contributed by atoms with Crippen molar-refractivity contribution in [2.45, 2.75) is 24.8 Å². The van der Waals surface area contributed by atoms with E-state index in [1.165, 1.54) is 23.5 Å². The number of benzene rings is 1. The van der Waals surface area contributed by atoms with Gasteiger partial charge in [-0.2, -0.15) is 0 Å². The van der Waals surface area contributed by atoms with E-state index in [1.807, 2.05) is 31.4 Å². The highest BCUT2D eigenvalue weighted by Crippen LogP contribution is 2.28. The van der Waals surface area contributed by atoms with Gasteiger partial charge < -0.3 is 5.73 Å². The fourth-order valence-corrected chi connectivity index (χ4v) is 4.30. The Labute approximate surface area is 127 Å². The maximum Gasteiger partial charge on any atom is 0.241 e. The number of nitrogen functional groups attached to an aromatic ring is 1. The molecule has 0 saturated carbocycles. The Balaban J connectivity index is 2.32. The number of thiophene rings is 1. The molecule has 0 amide bonds. The number of nitrogens with one attached hydrogen (secondary N) is 1. The van der Waals surface area contributed by atoms with E-state index in [0.717, 1.165) is 10.9 Å². The van der Waals surface area contributed by atoms with Crippen molar-refractivity contribution in [1.82, 2.24) is 4.72 Å². The van der Waals surface area contributed by atoms with Gasteiger partial charge in [-0.3, -0.25) is 0 Å². The second kappa shape index (κ2) is 6.13. The Kier molecular flexibility index (Phi) is 4.65. The molecule has 3 N–H and O–H groups in total. The van der Waals surface area contributed by atoms with Crippen molar-refractivity contribution < 1.29 is 12.8 Å². The molecule has 21 heavy (non-hydrogen) atoms. The zero-order valence-electron chi connectivity index (χ0n) is 11.7. The van der Waals surface area contributed by atoms with Crippen LogP contribution in [0.2, 0.25) is 0 Å². The zero-order valence-corrected chi connectivity index (χ0v) is 13.3. The van der Waals surface area contributed by atoms with Crippen molar-refractivity contribution in [3.8, 4) is 0 Å².